The zero-order chi connectivity index (χ0) is 23.1. The standard InChI is InChI=1S/C23H28N8O2/c1-14(2)21-16-9-20(30-6-4-29(5-7-30)12-19(24)32)25-10-17(16)28-22(21)15-8-18(33-3)23-26-13-27-31(23)11-15/h8-11,13-14,28H,4-7,12H2,1-3H3,(H2,24,32). The average Bonchev–Trinajstić information content (AvgIpc) is 3.42. The van der Waals surface area contributed by atoms with Gasteiger partial charge in [0.25, 0.3) is 0 Å². The third-order valence-electron chi connectivity index (χ3n) is 6.21. The third-order valence-corrected chi connectivity index (χ3v) is 6.21. The highest BCUT2D eigenvalue weighted by Crippen LogP contribution is 2.38. The minimum absolute atomic E-state index is 0.286. The van der Waals surface area contributed by atoms with Crippen molar-refractivity contribution >= 4 is 28.3 Å². The maximum atomic E-state index is 11.2. The molecule has 0 spiro atoms. The Bertz CT molecular complexity index is 1320. The van der Waals surface area contributed by atoms with Crippen LogP contribution in [0.4, 0.5) is 5.82 Å². The van der Waals surface area contributed by atoms with Gasteiger partial charge in [0, 0.05) is 43.3 Å². The number of amides is 1. The number of rotatable bonds is 6. The summed E-state index contributed by atoms with van der Waals surface area (Å²) in [5, 5.41) is 5.46. The fraction of sp³-hybridized carbons (Fsp3) is 0.391. The normalized spacial score (nSPS) is 15.1. The molecule has 0 aromatic carbocycles. The molecule has 0 unspecified atom stereocenters. The maximum Gasteiger partial charge on any atom is 0.231 e. The second kappa shape index (κ2) is 8.36. The number of piperazine rings is 1. The second-order valence-electron chi connectivity index (χ2n) is 8.71. The first-order valence-corrected chi connectivity index (χ1v) is 11.1. The smallest absolute Gasteiger partial charge is 0.231 e. The Morgan fingerprint density at radius 3 is 2.70 bits per heavy atom. The summed E-state index contributed by atoms with van der Waals surface area (Å²) in [7, 11) is 1.64. The second-order valence-corrected chi connectivity index (χ2v) is 8.71. The summed E-state index contributed by atoms with van der Waals surface area (Å²) >= 11 is 0. The minimum atomic E-state index is -0.287. The fourth-order valence-electron chi connectivity index (χ4n) is 4.64. The fourth-order valence-corrected chi connectivity index (χ4v) is 4.64. The van der Waals surface area contributed by atoms with Gasteiger partial charge in [0.05, 0.1) is 31.1 Å². The number of pyridine rings is 2. The number of ether oxygens (including phenoxy) is 1. The first-order valence-electron chi connectivity index (χ1n) is 11.1. The van der Waals surface area contributed by atoms with Crippen LogP contribution in [0.1, 0.15) is 25.3 Å². The lowest BCUT2D eigenvalue weighted by atomic mass is 9.97. The Morgan fingerprint density at radius 2 is 2.00 bits per heavy atom. The van der Waals surface area contributed by atoms with Gasteiger partial charge < -0.3 is 20.4 Å². The molecule has 1 aliphatic rings. The van der Waals surface area contributed by atoms with Gasteiger partial charge in [0.15, 0.2) is 11.4 Å². The van der Waals surface area contributed by atoms with Crippen molar-refractivity contribution in [3.8, 4) is 17.0 Å². The van der Waals surface area contributed by atoms with E-state index in [1.165, 1.54) is 11.9 Å². The monoisotopic (exact) mass is 448 g/mol. The van der Waals surface area contributed by atoms with Crippen LogP contribution in [0.2, 0.25) is 0 Å². The molecule has 4 aromatic rings. The number of nitrogens with zero attached hydrogens (tertiary/aromatic N) is 6. The van der Waals surface area contributed by atoms with Gasteiger partial charge >= 0.3 is 0 Å². The number of methoxy groups -OCH3 is 1. The number of carbonyl (C=O) groups excluding carboxylic acids is 1. The molecule has 1 fully saturated rings. The lowest BCUT2D eigenvalue weighted by molar-refractivity contribution is -0.119. The number of anilines is 1. The summed E-state index contributed by atoms with van der Waals surface area (Å²) in [5.41, 5.74) is 10.2. The van der Waals surface area contributed by atoms with Crippen molar-refractivity contribution in [2.75, 3.05) is 44.7 Å². The van der Waals surface area contributed by atoms with Crippen molar-refractivity contribution in [2.24, 2.45) is 5.73 Å². The van der Waals surface area contributed by atoms with Crippen LogP contribution in [0.15, 0.2) is 30.9 Å². The highest BCUT2D eigenvalue weighted by Gasteiger charge is 2.22. The molecular formula is C23H28N8O2. The van der Waals surface area contributed by atoms with Gasteiger partial charge in [-0.1, -0.05) is 13.8 Å². The Labute approximate surface area is 191 Å². The number of primary amides is 1. The van der Waals surface area contributed by atoms with Crippen LogP contribution < -0.4 is 15.4 Å². The van der Waals surface area contributed by atoms with Gasteiger partial charge in [-0.15, -0.1) is 0 Å². The summed E-state index contributed by atoms with van der Waals surface area (Å²) in [6.07, 6.45) is 5.39. The van der Waals surface area contributed by atoms with Gasteiger partial charge in [0.1, 0.15) is 12.1 Å². The average molecular weight is 449 g/mol. The van der Waals surface area contributed by atoms with Crippen LogP contribution in [0.25, 0.3) is 27.8 Å². The van der Waals surface area contributed by atoms with Gasteiger partial charge in [-0.25, -0.2) is 14.5 Å². The molecule has 0 radical (unpaired) electrons. The molecule has 0 atom stereocenters. The van der Waals surface area contributed by atoms with Crippen LogP contribution >= 0.6 is 0 Å². The molecule has 0 aliphatic carbocycles. The largest absolute Gasteiger partial charge is 0.493 e. The number of carbonyl (C=O) groups is 1. The van der Waals surface area contributed by atoms with E-state index in [-0.39, 0.29) is 11.8 Å². The van der Waals surface area contributed by atoms with Crippen LogP contribution in [0, 0.1) is 0 Å². The van der Waals surface area contributed by atoms with Gasteiger partial charge in [-0.2, -0.15) is 5.10 Å². The Balaban J connectivity index is 1.53. The number of fused-ring (bicyclic) bond motifs is 2. The van der Waals surface area contributed by atoms with Crippen LogP contribution in [0.3, 0.4) is 0 Å². The molecule has 5 heterocycles. The lowest BCUT2D eigenvalue weighted by Gasteiger charge is -2.34. The minimum Gasteiger partial charge on any atom is -0.493 e. The topological polar surface area (TPSA) is 118 Å². The van der Waals surface area contributed by atoms with E-state index in [4.69, 9.17) is 15.5 Å². The van der Waals surface area contributed by atoms with E-state index < -0.39 is 0 Å². The van der Waals surface area contributed by atoms with E-state index in [0.29, 0.717) is 17.9 Å². The Hall–Kier alpha value is -3.66. The number of nitrogens with two attached hydrogens (primary N) is 1. The van der Waals surface area contributed by atoms with Gasteiger partial charge in [0.2, 0.25) is 5.91 Å². The van der Waals surface area contributed by atoms with E-state index >= 15 is 0 Å². The van der Waals surface area contributed by atoms with Crippen molar-refractivity contribution in [3.63, 3.8) is 0 Å². The molecule has 1 saturated heterocycles. The number of nitrogens with one attached hydrogen (secondary N) is 1. The van der Waals surface area contributed by atoms with Crippen LogP contribution in [0.5, 0.6) is 5.75 Å². The number of hydrogen-bond donors (Lipinski definition) is 2. The Morgan fingerprint density at radius 1 is 1.21 bits per heavy atom. The van der Waals surface area contributed by atoms with Gasteiger partial charge in [-0.3, -0.25) is 9.69 Å². The number of aromatic nitrogens is 5. The van der Waals surface area contributed by atoms with Crippen molar-refractivity contribution in [3.05, 3.63) is 36.4 Å². The molecule has 0 saturated carbocycles. The number of H-pyrrole nitrogens is 1. The summed E-state index contributed by atoms with van der Waals surface area (Å²) < 4.78 is 7.30. The van der Waals surface area contributed by atoms with E-state index in [2.05, 4.69) is 44.8 Å². The lowest BCUT2D eigenvalue weighted by Crippen LogP contribution is -2.49. The molecular weight excluding hydrogens is 420 g/mol. The van der Waals surface area contributed by atoms with E-state index in [9.17, 15) is 4.79 Å². The summed E-state index contributed by atoms with van der Waals surface area (Å²) in [4.78, 5) is 28.1. The predicted molar refractivity (Wildman–Crippen MR) is 127 cm³/mol. The molecule has 1 aliphatic heterocycles. The maximum absolute atomic E-state index is 11.2. The SMILES string of the molecule is COc1cc(-c2[nH]c3cnc(N4CCN(CC(N)=O)CC4)cc3c2C(C)C)cn2ncnc12. The Kier molecular flexibility index (Phi) is 5.37. The highest BCUT2D eigenvalue weighted by molar-refractivity contribution is 5.92. The molecule has 33 heavy (non-hydrogen) atoms. The van der Waals surface area contributed by atoms with E-state index in [1.807, 2.05) is 18.5 Å². The number of aromatic amines is 1. The highest BCUT2D eigenvalue weighted by atomic mass is 16.5. The first-order chi connectivity index (χ1) is 15.9. The zero-order valence-corrected chi connectivity index (χ0v) is 19.1. The van der Waals surface area contributed by atoms with E-state index in [0.717, 1.165) is 54.2 Å². The predicted octanol–water partition coefficient (Wildman–Crippen LogP) is 2.01. The summed E-state index contributed by atoms with van der Waals surface area (Å²) in [5.74, 6) is 1.61. The molecule has 10 nitrogen and oxygen atoms in total. The zero-order valence-electron chi connectivity index (χ0n) is 19.1. The van der Waals surface area contributed by atoms with Crippen LogP contribution in [-0.2, 0) is 4.79 Å². The van der Waals surface area contributed by atoms with Crippen molar-refractivity contribution < 1.29 is 9.53 Å². The molecule has 3 N–H and O–H groups in total. The van der Waals surface area contributed by atoms with Crippen molar-refractivity contribution in [1.29, 1.82) is 0 Å². The third kappa shape index (κ3) is 3.86. The number of hydrogen-bond acceptors (Lipinski definition) is 7. The van der Waals surface area contributed by atoms with Gasteiger partial charge in [-0.05, 0) is 23.6 Å². The molecule has 4 aromatic heterocycles. The molecule has 172 valence electrons. The van der Waals surface area contributed by atoms with Crippen molar-refractivity contribution in [2.45, 2.75) is 19.8 Å². The molecule has 0 bridgehead atoms. The van der Waals surface area contributed by atoms with Crippen LogP contribution in [-0.4, -0.2) is 75.2 Å². The molecule has 10 heteroatoms. The first kappa shape index (κ1) is 21.2. The molecule has 1 amide bonds. The van der Waals surface area contributed by atoms with Crippen molar-refractivity contribution in [1.82, 2.24) is 29.5 Å². The van der Waals surface area contributed by atoms with E-state index in [1.54, 1.807) is 11.6 Å². The summed E-state index contributed by atoms with van der Waals surface area (Å²) in [6.45, 7) is 7.88. The molecule has 5 rings (SSSR count). The summed E-state index contributed by atoms with van der Waals surface area (Å²) in [6, 6.07) is 4.16. The quantitative estimate of drug-likeness (QED) is 0.463.